The number of benzene rings is 1. The van der Waals surface area contributed by atoms with Crippen LogP contribution >= 0.6 is 0 Å². The zero-order valence-electron chi connectivity index (χ0n) is 14.1. The fourth-order valence-corrected chi connectivity index (χ4v) is 2.25. The van der Waals surface area contributed by atoms with Crippen LogP contribution in [0.5, 0.6) is 5.75 Å². The third-order valence-electron chi connectivity index (χ3n) is 3.66. The number of hydrogen-bond donors (Lipinski definition) is 2. The Bertz CT molecular complexity index is 644. The maximum Gasteiger partial charge on any atom is 0.220 e. The summed E-state index contributed by atoms with van der Waals surface area (Å²) >= 11 is 0. The lowest BCUT2D eigenvalue weighted by molar-refractivity contribution is -0.121. The highest BCUT2D eigenvalue weighted by Crippen LogP contribution is 2.23. The number of unbranched alkanes of at least 4 members (excludes halogenated alkanes) is 1. The van der Waals surface area contributed by atoms with Crippen LogP contribution in [-0.2, 0) is 17.8 Å². The fraction of sp³-hybridized carbons (Fsp3) is 0.368. The van der Waals surface area contributed by atoms with Crippen LogP contribution in [0.3, 0.4) is 0 Å². The molecule has 0 saturated carbocycles. The van der Waals surface area contributed by atoms with Gasteiger partial charge in [0.1, 0.15) is 5.75 Å². The number of nitrogen functional groups attached to an aromatic ring is 1. The van der Waals surface area contributed by atoms with Gasteiger partial charge in [-0.3, -0.25) is 9.78 Å². The van der Waals surface area contributed by atoms with E-state index in [2.05, 4.69) is 17.2 Å². The third-order valence-corrected chi connectivity index (χ3v) is 3.66. The van der Waals surface area contributed by atoms with Crippen molar-refractivity contribution in [2.24, 2.45) is 0 Å². The van der Waals surface area contributed by atoms with Crippen molar-refractivity contribution in [3.8, 4) is 5.75 Å². The molecule has 0 aliphatic carbocycles. The van der Waals surface area contributed by atoms with Crippen LogP contribution < -0.4 is 15.8 Å². The average Bonchev–Trinajstić information content (AvgIpc) is 2.61. The summed E-state index contributed by atoms with van der Waals surface area (Å²) in [5, 5.41) is 2.87. The Morgan fingerprint density at radius 1 is 1.29 bits per heavy atom. The highest BCUT2D eigenvalue weighted by molar-refractivity contribution is 5.76. The average molecular weight is 327 g/mol. The first-order valence-corrected chi connectivity index (χ1v) is 8.37. The second kappa shape index (κ2) is 9.55. The number of aromatic nitrogens is 1. The van der Waals surface area contributed by atoms with Gasteiger partial charge in [0, 0.05) is 12.6 Å². The second-order valence-electron chi connectivity index (χ2n) is 5.67. The Hall–Kier alpha value is -2.56. The van der Waals surface area contributed by atoms with E-state index < -0.39 is 0 Å². The van der Waals surface area contributed by atoms with E-state index in [1.807, 2.05) is 36.4 Å². The van der Waals surface area contributed by atoms with Crippen LogP contribution in [0.25, 0.3) is 0 Å². The first-order chi connectivity index (χ1) is 11.7. The maximum absolute atomic E-state index is 11.9. The van der Waals surface area contributed by atoms with Crippen LogP contribution in [-0.4, -0.2) is 17.5 Å². The largest absolute Gasteiger partial charge is 0.491 e. The lowest BCUT2D eigenvalue weighted by Gasteiger charge is -2.10. The van der Waals surface area contributed by atoms with E-state index in [-0.39, 0.29) is 5.91 Å². The summed E-state index contributed by atoms with van der Waals surface area (Å²) in [7, 11) is 0. The van der Waals surface area contributed by atoms with Crippen LogP contribution in [0.2, 0.25) is 0 Å². The molecule has 1 amide bonds. The molecule has 1 aromatic carbocycles. The molecule has 1 aromatic heterocycles. The molecule has 0 atom stereocenters. The topological polar surface area (TPSA) is 77.2 Å². The molecule has 0 bridgehead atoms. The number of anilines is 1. The Morgan fingerprint density at radius 2 is 2.17 bits per heavy atom. The number of nitrogens with one attached hydrogen (secondary N) is 1. The molecule has 128 valence electrons. The van der Waals surface area contributed by atoms with Gasteiger partial charge in [-0.2, -0.15) is 0 Å². The van der Waals surface area contributed by atoms with Crippen molar-refractivity contribution >= 4 is 11.6 Å². The Labute approximate surface area is 143 Å². The van der Waals surface area contributed by atoms with Crippen LogP contribution in [0, 0.1) is 0 Å². The summed E-state index contributed by atoms with van der Waals surface area (Å²) in [5.41, 5.74) is 8.52. The number of nitrogens with two attached hydrogens (primary N) is 1. The van der Waals surface area contributed by atoms with Crippen molar-refractivity contribution in [1.82, 2.24) is 10.3 Å². The number of rotatable bonds is 9. The monoisotopic (exact) mass is 327 g/mol. The lowest BCUT2D eigenvalue weighted by atomic mass is 10.1. The number of aryl methyl sites for hydroxylation is 1. The van der Waals surface area contributed by atoms with Crippen LogP contribution in [0.1, 0.15) is 37.4 Å². The highest BCUT2D eigenvalue weighted by atomic mass is 16.5. The molecule has 2 rings (SSSR count). The minimum Gasteiger partial charge on any atom is -0.491 e. The number of ether oxygens (including phenoxy) is 1. The molecule has 24 heavy (non-hydrogen) atoms. The number of nitrogens with zero attached hydrogens (tertiary/aromatic N) is 1. The molecule has 0 fully saturated rings. The van der Waals surface area contributed by atoms with Crippen LogP contribution in [0.4, 0.5) is 5.69 Å². The molecule has 5 heteroatoms. The van der Waals surface area contributed by atoms with Crippen molar-refractivity contribution < 1.29 is 9.53 Å². The van der Waals surface area contributed by atoms with E-state index in [1.165, 1.54) is 0 Å². The maximum atomic E-state index is 11.9. The third kappa shape index (κ3) is 5.91. The van der Waals surface area contributed by atoms with Gasteiger partial charge in [-0.25, -0.2) is 0 Å². The molecule has 0 aliphatic rings. The van der Waals surface area contributed by atoms with Gasteiger partial charge in [0.05, 0.1) is 24.5 Å². The number of carbonyl (C=O) groups is 1. The lowest BCUT2D eigenvalue weighted by Crippen LogP contribution is -2.23. The molecule has 2 aromatic rings. The summed E-state index contributed by atoms with van der Waals surface area (Å²) < 4.78 is 5.63. The van der Waals surface area contributed by atoms with Crippen molar-refractivity contribution in [2.45, 2.75) is 39.2 Å². The van der Waals surface area contributed by atoms with Gasteiger partial charge in [0.2, 0.25) is 5.91 Å². The van der Waals surface area contributed by atoms with Gasteiger partial charge < -0.3 is 15.8 Å². The molecule has 0 spiro atoms. The Kier molecular flexibility index (Phi) is 7.08. The molecule has 0 unspecified atom stereocenters. The molecule has 5 nitrogen and oxygen atoms in total. The second-order valence-corrected chi connectivity index (χ2v) is 5.67. The Morgan fingerprint density at radius 3 is 2.88 bits per heavy atom. The van der Waals surface area contributed by atoms with Gasteiger partial charge in [0.25, 0.3) is 0 Å². The van der Waals surface area contributed by atoms with Gasteiger partial charge in [-0.15, -0.1) is 0 Å². The smallest absolute Gasteiger partial charge is 0.220 e. The van der Waals surface area contributed by atoms with Gasteiger partial charge >= 0.3 is 0 Å². The summed E-state index contributed by atoms with van der Waals surface area (Å²) in [6.45, 7) is 3.25. The number of pyridine rings is 1. The zero-order chi connectivity index (χ0) is 17.2. The molecule has 0 saturated heterocycles. The van der Waals surface area contributed by atoms with Gasteiger partial charge in [-0.05, 0) is 42.7 Å². The number of amides is 1. The molecular weight excluding hydrogens is 302 g/mol. The normalized spacial score (nSPS) is 10.4. The van der Waals surface area contributed by atoms with E-state index in [0.29, 0.717) is 37.4 Å². The summed E-state index contributed by atoms with van der Waals surface area (Å²) in [6, 6.07) is 11.4. The SMILES string of the molecule is CCCCOc1ccc(CCC(=O)NCc2ccccn2)cc1N. The van der Waals surface area contributed by atoms with E-state index >= 15 is 0 Å². The summed E-state index contributed by atoms with van der Waals surface area (Å²) in [6.07, 6.45) is 4.88. The molecule has 3 N–H and O–H groups in total. The standard InChI is InChI=1S/C19H25N3O2/c1-2-3-12-24-18-9-7-15(13-17(18)20)8-10-19(23)22-14-16-6-4-5-11-21-16/h4-7,9,11,13H,2-3,8,10,12,14,20H2,1H3,(H,22,23). The number of carbonyl (C=O) groups excluding carboxylic acids is 1. The molecular formula is C19H25N3O2. The van der Waals surface area contributed by atoms with E-state index in [0.717, 1.165) is 24.1 Å². The quantitative estimate of drug-likeness (QED) is 0.548. The summed E-state index contributed by atoms with van der Waals surface area (Å²) in [4.78, 5) is 16.1. The first kappa shape index (κ1) is 17.8. The van der Waals surface area contributed by atoms with Crippen molar-refractivity contribution in [3.05, 3.63) is 53.9 Å². The molecule has 1 heterocycles. The minimum absolute atomic E-state index is 0.00231. The minimum atomic E-state index is 0.00231. The van der Waals surface area contributed by atoms with Gasteiger partial charge in [0.15, 0.2) is 0 Å². The summed E-state index contributed by atoms with van der Waals surface area (Å²) in [5.74, 6) is 0.717. The highest BCUT2D eigenvalue weighted by Gasteiger charge is 2.06. The van der Waals surface area contributed by atoms with E-state index in [4.69, 9.17) is 10.5 Å². The predicted molar refractivity (Wildman–Crippen MR) is 95.7 cm³/mol. The van der Waals surface area contributed by atoms with Gasteiger partial charge in [-0.1, -0.05) is 25.5 Å². The fourth-order valence-electron chi connectivity index (χ4n) is 2.25. The predicted octanol–water partition coefficient (Wildman–Crippen LogP) is 3.09. The zero-order valence-corrected chi connectivity index (χ0v) is 14.1. The van der Waals surface area contributed by atoms with Crippen LogP contribution in [0.15, 0.2) is 42.6 Å². The van der Waals surface area contributed by atoms with E-state index in [1.54, 1.807) is 6.20 Å². The van der Waals surface area contributed by atoms with Crippen molar-refractivity contribution in [2.75, 3.05) is 12.3 Å². The van der Waals surface area contributed by atoms with Crippen molar-refractivity contribution in [1.29, 1.82) is 0 Å². The Balaban J connectivity index is 1.77. The molecule has 0 radical (unpaired) electrons. The molecule has 0 aliphatic heterocycles. The van der Waals surface area contributed by atoms with E-state index in [9.17, 15) is 4.79 Å². The first-order valence-electron chi connectivity index (χ1n) is 8.37. The van der Waals surface area contributed by atoms with Crippen molar-refractivity contribution in [3.63, 3.8) is 0 Å². The number of hydrogen-bond acceptors (Lipinski definition) is 4.